The number of halogens is 2. The molecule has 2 aliphatic rings. The summed E-state index contributed by atoms with van der Waals surface area (Å²) >= 11 is 0. The maximum atomic E-state index is 14.8. The fraction of sp³-hybridized carbons (Fsp3) is 0.364. The summed E-state index contributed by atoms with van der Waals surface area (Å²) in [6.45, 7) is 0.526. The fourth-order valence-corrected chi connectivity index (χ4v) is 6.02. The summed E-state index contributed by atoms with van der Waals surface area (Å²) in [7, 11) is 0. The molecular formula is C33H35F2N3O5. The number of hydrogen-bond acceptors (Lipinski definition) is 5. The lowest BCUT2D eigenvalue weighted by Crippen LogP contribution is -2.56. The van der Waals surface area contributed by atoms with Crippen LogP contribution in [0.4, 0.5) is 8.78 Å². The number of alkyl halides is 2. The molecule has 4 unspecified atom stereocenters. The molecule has 0 radical (unpaired) electrons. The zero-order valence-corrected chi connectivity index (χ0v) is 23.8. The number of phenols is 1. The summed E-state index contributed by atoms with van der Waals surface area (Å²) in [6, 6.07) is 17.8. The van der Waals surface area contributed by atoms with Crippen LogP contribution in [0.5, 0.6) is 5.75 Å². The smallest absolute Gasteiger partial charge is 0.267 e. The van der Waals surface area contributed by atoms with Crippen molar-refractivity contribution < 1.29 is 33.4 Å². The lowest BCUT2D eigenvalue weighted by atomic mass is 9.87. The molecule has 1 saturated heterocycles. The molecule has 0 bridgehead atoms. The molecule has 3 aromatic rings. The third kappa shape index (κ3) is 6.69. The maximum Gasteiger partial charge on any atom is 0.267 e. The zero-order valence-electron chi connectivity index (χ0n) is 23.8. The number of amides is 3. The molecule has 5 rings (SSSR count). The summed E-state index contributed by atoms with van der Waals surface area (Å²) < 4.78 is 29.5. The largest absolute Gasteiger partial charge is 0.508 e. The van der Waals surface area contributed by atoms with Gasteiger partial charge in [-0.3, -0.25) is 14.4 Å². The minimum Gasteiger partial charge on any atom is -0.508 e. The van der Waals surface area contributed by atoms with Crippen LogP contribution in [0.2, 0.25) is 0 Å². The molecule has 0 aromatic heterocycles. The first kappa shape index (κ1) is 30.2. The number of phenolic OH excluding ortho intramolecular Hbond substituents is 1. The van der Waals surface area contributed by atoms with Crippen LogP contribution in [0, 0.1) is 6.92 Å². The van der Waals surface area contributed by atoms with E-state index >= 15 is 0 Å². The minimum absolute atomic E-state index is 0.0112. The summed E-state index contributed by atoms with van der Waals surface area (Å²) in [6.07, 6.45) is -0.467. The first-order valence-electron chi connectivity index (χ1n) is 14.4. The van der Waals surface area contributed by atoms with Gasteiger partial charge in [0.2, 0.25) is 5.91 Å². The van der Waals surface area contributed by atoms with Crippen molar-refractivity contribution in [1.29, 1.82) is 0 Å². The first-order valence-corrected chi connectivity index (χ1v) is 14.4. The number of aryl methyl sites for hydroxylation is 1. The van der Waals surface area contributed by atoms with Crippen LogP contribution >= 0.6 is 0 Å². The number of nitrogens with one attached hydrogen (secondary N) is 2. The SMILES string of the molecule is Cc1c(O)cccc1C(=O)NC(Cc1ccccc1)C(O)C(=O)N1CC(F)(F)CC1C(=O)NC1CCCc2ccccc21. The highest BCUT2D eigenvalue weighted by Gasteiger charge is 2.52. The van der Waals surface area contributed by atoms with Crippen molar-refractivity contribution in [1.82, 2.24) is 15.5 Å². The molecule has 4 N–H and O–H groups in total. The topological polar surface area (TPSA) is 119 Å². The zero-order chi connectivity index (χ0) is 30.7. The molecule has 8 nitrogen and oxygen atoms in total. The van der Waals surface area contributed by atoms with Gasteiger partial charge < -0.3 is 25.7 Å². The molecule has 0 saturated carbocycles. The standard InChI is InChI=1S/C33H35F2N3O5/c1-20-23(14-8-16-28(20)39)30(41)37-26(17-21-9-3-2-4-10-21)29(40)32(43)38-19-33(34,35)18-27(38)31(42)36-25-15-7-12-22-11-5-6-13-24(22)25/h2-6,8-11,13-14,16,25-27,29,39-40H,7,12,15,17-19H2,1H3,(H,36,42)(H,37,41). The number of rotatable bonds is 8. The Kier molecular flexibility index (Phi) is 8.77. The molecule has 1 heterocycles. The van der Waals surface area contributed by atoms with Crippen LogP contribution in [0.15, 0.2) is 72.8 Å². The van der Waals surface area contributed by atoms with E-state index in [1.807, 2.05) is 24.3 Å². The number of carbonyl (C=O) groups excluding carboxylic acids is 3. The predicted molar refractivity (Wildman–Crippen MR) is 156 cm³/mol. The average Bonchev–Trinajstić information content (AvgIpc) is 3.33. The van der Waals surface area contributed by atoms with Crippen molar-refractivity contribution in [2.75, 3.05) is 6.54 Å². The van der Waals surface area contributed by atoms with Gasteiger partial charge in [0.25, 0.3) is 17.7 Å². The molecule has 3 aromatic carbocycles. The van der Waals surface area contributed by atoms with Gasteiger partial charge in [-0.15, -0.1) is 0 Å². The summed E-state index contributed by atoms with van der Waals surface area (Å²) in [4.78, 5) is 41.1. The van der Waals surface area contributed by atoms with Crippen molar-refractivity contribution in [3.8, 4) is 5.75 Å². The van der Waals surface area contributed by atoms with Gasteiger partial charge >= 0.3 is 0 Å². The summed E-state index contributed by atoms with van der Waals surface area (Å²) in [5.74, 6) is -5.87. The average molecular weight is 592 g/mol. The number of aliphatic hydroxyl groups is 1. The van der Waals surface area contributed by atoms with Crippen molar-refractivity contribution >= 4 is 17.7 Å². The van der Waals surface area contributed by atoms with Crippen LogP contribution < -0.4 is 10.6 Å². The normalized spacial score (nSPS) is 20.5. The van der Waals surface area contributed by atoms with Gasteiger partial charge in [0.05, 0.1) is 18.6 Å². The predicted octanol–water partition coefficient (Wildman–Crippen LogP) is 3.83. The van der Waals surface area contributed by atoms with Crippen LogP contribution in [-0.4, -0.2) is 63.5 Å². The van der Waals surface area contributed by atoms with E-state index in [1.165, 1.54) is 18.2 Å². The fourth-order valence-electron chi connectivity index (χ4n) is 6.02. The number of aliphatic hydroxyl groups excluding tert-OH is 1. The van der Waals surface area contributed by atoms with Gasteiger partial charge in [0.1, 0.15) is 11.8 Å². The van der Waals surface area contributed by atoms with Crippen molar-refractivity contribution in [2.24, 2.45) is 0 Å². The second-order valence-corrected chi connectivity index (χ2v) is 11.4. The van der Waals surface area contributed by atoms with Gasteiger partial charge in [-0.05, 0) is 61.4 Å². The van der Waals surface area contributed by atoms with Crippen molar-refractivity contribution in [3.63, 3.8) is 0 Å². The summed E-state index contributed by atoms with van der Waals surface area (Å²) in [5, 5.41) is 26.9. The molecule has 1 aliphatic carbocycles. The van der Waals surface area contributed by atoms with E-state index in [2.05, 4.69) is 10.6 Å². The Morgan fingerprint density at radius 3 is 2.51 bits per heavy atom. The van der Waals surface area contributed by atoms with E-state index in [-0.39, 0.29) is 23.8 Å². The van der Waals surface area contributed by atoms with Crippen LogP contribution in [0.1, 0.15) is 57.9 Å². The Hall–Kier alpha value is -4.31. The third-order valence-corrected chi connectivity index (χ3v) is 8.34. The molecule has 3 amide bonds. The van der Waals surface area contributed by atoms with Gasteiger partial charge in [0.15, 0.2) is 6.10 Å². The van der Waals surface area contributed by atoms with E-state index in [1.54, 1.807) is 37.3 Å². The number of benzene rings is 3. The number of nitrogens with zero attached hydrogens (tertiary/aromatic N) is 1. The molecule has 1 fully saturated rings. The molecule has 0 spiro atoms. The minimum atomic E-state index is -3.33. The van der Waals surface area contributed by atoms with Crippen molar-refractivity contribution in [2.45, 2.75) is 69.2 Å². The highest BCUT2D eigenvalue weighted by Crippen LogP contribution is 2.35. The number of likely N-dealkylation sites (tertiary alicyclic amines) is 1. The number of aromatic hydroxyl groups is 1. The number of carbonyl (C=O) groups is 3. The van der Waals surface area contributed by atoms with E-state index in [0.717, 1.165) is 28.9 Å². The van der Waals surface area contributed by atoms with Crippen molar-refractivity contribution in [3.05, 3.63) is 101 Å². The van der Waals surface area contributed by atoms with Crippen LogP contribution in [-0.2, 0) is 22.4 Å². The molecule has 43 heavy (non-hydrogen) atoms. The van der Waals surface area contributed by atoms with E-state index in [0.29, 0.717) is 17.5 Å². The number of fused-ring (bicyclic) bond motifs is 1. The second kappa shape index (κ2) is 12.5. The monoisotopic (exact) mass is 591 g/mol. The highest BCUT2D eigenvalue weighted by molar-refractivity contribution is 5.97. The van der Waals surface area contributed by atoms with Gasteiger partial charge in [-0.1, -0.05) is 60.7 Å². The molecule has 10 heteroatoms. The molecular weight excluding hydrogens is 556 g/mol. The van der Waals surface area contributed by atoms with E-state index in [4.69, 9.17) is 0 Å². The Balaban J connectivity index is 1.37. The molecule has 226 valence electrons. The van der Waals surface area contributed by atoms with E-state index in [9.17, 15) is 33.4 Å². The van der Waals surface area contributed by atoms with Crippen LogP contribution in [0.3, 0.4) is 0 Å². The maximum absolute atomic E-state index is 14.8. The Morgan fingerprint density at radius 2 is 1.74 bits per heavy atom. The van der Waals surface area contributed by atoms with E-state index < -0.39 is 54.8 Å². The van der Waals surface area contributed by atoms with Gasteiger partial charge in [-0.25, -0.2) is 8.78 Å². The highest BCUT2D eigenvalue weighted by atomic mass is 19.3. The quantitative estimate of drug-likeness (QED) is 0.318. The lowest BCUT2D eigenvalue weighted by molar-refractivity contribution is -0.147. The molecule has 4 atom stereocenters. The van der Waals surface area contributed by atoms with Gasteiger partial charge in [-0.2, -0.15) is 0 Å². The Labute approximate surface area is 248 Å². The summed E-state index contributed by atoms with van der Waals surface area (Å²) in [5.41, 5.74) is 3.14. The molecule has 1 aliphatic heterocycles. The third-order valence-electron chi connectivity index (χ3n) is 8.34. The first-order chi connectivity index (χ1) is 20.5. The Bertz CT molecular complexity index is 1500. The van der Waals surface area contributed by atoms with Crippen LogP contribution in [0.25, 0.3) is 0 Å². The second-order valence-electron chi connectivity index (χ2n) is 11.4. The Morgan fingerprint density at radius 1 is 1.02 bits per heavy atom. The van der Waals surface area contributed by atoms with Gasteiger partial charge in [0, 0.05) is 17.5 Å². The lowest BCUT2D eigenvalue weighted by Gasteiger charge is -2.32. The number of hydrogen-bond donors (Lipinski definition) is 4.